The maximum atomic E-state index is 14.4. The zero-order valence-corrected chi connectivity index (χ0v) is 26.0. The molecule has 5 aromatic rings. The van der Waals surface area contributed by atoms with Crippen molar-refractivity contribution < 1.29 is 22.8 Å². The molecule has 46 heavy (non-hydrogen) atoms. The normalized spacial score (nSPS) is 19.6. The molecule has 7 rings (SSSR count). The number of alkyl halides is 3. The summed E-state index contributed by atoms with van der Waals surface area (Å²) in [6, 6.07) is 19.9. The van der Waals surface area contributed by atoms with Gasteiger partial charge in [0.05, 0.1) is 29.4 Å². The highest BCUT2D eigenvalue weighted by Crippen LogP contribution is 2.45. The van der Waals surface area contributed by atoms with Crippen molar-refractivity contribution in [2.75, 3.05) is 11.4 Å². The molecule has 4 heterocycles. The molecule has 3 atom stereocenters. The predicted octanol–water partition coefficient (Wildman–Crippen LogP) is 6.81. The van der Waals surface area contributed by atoms with Crippen molar-refractivity contribution >= 4 is 39.2 Å². The average Bonchev–Trinajstić information content (AvgIpc) is 3.73. The largest absolute Gasteiger partial charge is 0.417 e. The molecule has 1 N–H and O–H groups in total. The third-order valence-electron chi connectivity index (χ3n) is 8.71. The van der Waals surface area contributed by atoms with Crippen molar-refractivity contribution in [3.05, 3.63) is 112 Å². The Morgan fingerprint density at radius 3 is 2.52 bits per heavy atom. The summed E-state index contributed by atoms with van der Waals surface area (Å²) in [5, 5.41) is 11.5. The van der Waals surface area contributed by atoms with Gasteiger partial charge < -0.3 is 4.90 Å². The first-order valence-corrected chi connectivity index (χ1v) is 15.5. The molecule has 3 aromatic carbocycles. The summed E-state index contributed by atoms with van der Waals surface area (Å²) in [7, 11) is 0. The van der Waals surface area contributed by atoms with E-state index in [1.165, 1.54) is 18.5 Å². The first kappa shape index (κ1) is 29.9. The fraction of sp³-hybridized carbons (Fsp3) is 0.242. The van der Waals surface area contributed by atoms with E-state index in [1.807, 2.05) is 66.2 Å². The molecule has 1 fully saturated rings. The Morgan fingerprint density at radius 1 is 1.07 bits per heavy atom. The van der Waals surface area contributed by atoms with Crippen LogP contribution >= 0.6 is 15.9 Å². The highest BCUT2D eigenvalue weighted by molar-refractivity contribution is 9.10. The smallest absolute Gasteiger partial charge is 0.334 e. The second-order valence-corrected chi connectivity index (χ2v) is 12.4. The molecule has 0 radical (unpaired) electrons. The van der Waals surface area contributed by atoms with Crippen LogP contribution in [0.4, 0.5) is 24.7 Å². The second-order valence-electron chi connectivity index (χ2n) is 11.6. The van der Waals surface area contributed by atoms with Gasteiger partial charge in [0.25, 0.3) is 5.91 Å². The average molecular weight is 691 g/mol. The number of nitrogens with zero attached hydrogens (tertiary/aromatic N) is 6. The maximum absolute atomic E-state index is 14.4. The zero-order chi connectivity index (χ0) is 32.2. The Labute approximate surface area is 270 Å². The first-order chi connectivity index (χ1) is 22.1. The van der Waals surface area contributed by atoms with Crippen LogP contribution in [0.2, 0.25) is 0 Å². The van der Waals surface area contributed by atoms with E-state index in [1.54, 1.807) is 16.0 Å². The van der Waals surface area contributed by atoms with Crippen molar-refractivity contribution in [3.63, 3.8) is 0 Å². The lowest BCUT2D eigenvalue weighted by Gasteiger charge is -2.47. The molecule has 13 heteroatoms. The van der Waals surface area contributed by atoms with Gasteiger partial charge in [-0.05, 0) is 61.4 Å². The van der Waals surface area contributed by atoms with Gasteiger partial charge in [-0.3, -0.25) is 19.6 Å². The van der Waals surface area contributed by atoms with Gasteiger partial charge in [0, 0.05) is 40.2 Å². The molecular weight excluding hydrogens is 663 g/mol. The number of halogens is 4. The highest BCUT2D eigenvalue weighted by Gasteiger charge is 2.48. The maximum Gasteiger partial charge on any atom is 0.417 e. The van der Waals surface area contributed by atoms with Gasteiger partial charge in [0.1, 0.15) is 12.1 Å². The van der Waals surface area contributed by atoms with Crippen molar-refractivity contribution in [1.29, 1.82) is 0 Å². The molecule has 0 aliphatic carbocycles. The summed E-state index contributed by atoms with van der Waals surface area (Å²) in [4.78, 5) is 35.6. The van der Waals surface area contributed by atoms with E-state index < -0.39 is 35.6 Å². The number of piperidine rings is 1. The van der Waals surface area contributed by atoms with Gasteiger partial charge in [-0.15, -0.1) is 0 Å². The van der Waals surface area contributed by atoms with Crippen molar-refractivity contribution in [2.45, 2.75) is 38.0 Å². The second kappa shape index (κ2) is 11.5. The molecule has 2 aliphatic heterocycles. The number of H-pyrrole nitrogens is 1. The number of anilines is 2. The van der Waals surface area contributed by atoms with Crippen LogP contribution in [0, 0.1) is 5.92 Å². The number of likely N-dealkylation sites (tertiary alicyclic amines) is 1. The Bertz CT molecular complexity index is 1910. The number of aromatic amines is 1. The van der Waals surface area contributed by atoms with Crippen molar-refractivity contribution in [3.8, 4) is 11.4 Å². The van der Waals surface area contributed by atoms with Crippen molar-refractivity contribution in [2.24, 2.45) is 5.92 Å². The molecule has 1 saturated heterocycles. The van der Waals surface area contributed by atoms with Gasteiger partial charge in [0.15, 0.2) is 5.82 Å². The summed E-state index contributed by atoms with van der Waals surface area (Å²) in [6.07, 6.45) is -0.610. The van der Waals surface area contributed by atoms with Crippen LogP contribution in [0.25, 0.3) is 11.4 Å². The molecular formula is C33H27BrF3N7O2. The molecule has 234 valence electrons. The van der Waals surface area contributed by atoms with Gasteiger partial charge in [-0.1, -0.05) is 46.3 Å². The number of fused-ring (bicyclic) bond motifs is 3. The van der Waals surface area contributed by atoms with Gasteiger partial charge >= 0.3 is 6.18 Å². The summed E-state index contributed by atoms with van der Waals surface area (Å²) in [5.41, 5.74) is 2.35. The Kier molecular flexibility index (Phi) is 7.50. The number of benzene rings is 3. The molecule has 0 spiro atoms. The van der Waals surface area contributed by atoms with Crippen LogP contribution < -0.4 is 4.90 Å². The lowest BCUT2D eigenvalue weighted by molar-refractivity contribution is -0.138. The van der Waals surface area contributed by atoms with Gasteiger partial charge in [-0.2, -0.15) is 23.4 Å². The van der Waals surface area contributed by atoms with Gasteiger partial charge in [-0.25, -0.2) is 9.67 Å². The molecule has 2 aromatic heterocycles. The fourth-order valence-corrected chi connectivity index (χ4v) is 6.92. The number of amides is 2. The number of carbonyl (C=O) groups is 2. The van der Waals surface area contributed by atoms with Crippen LogP contribution in [-0.4, -0.2) is 54.3 Å². The van der Waals surface area contributed by atoms with Crippen LogP contribution in [0.15, 0.2) is 89.8 Å². The van der Waals surface area contributed by atoms with Gasteiger partial charge in [0.2, 0.25) is 5.91 Å². The number of carbonyl (C=O) groups excluding carboxylic acids is 2. The van der Waals surface area contributed by atoms with Crippen LogP contribution in [0.3, 0.4) is 0 Å². The minimum absolute atomic E-state index is 0.0677. The molecule has 2 aliphatic rings. The first-order valence-electron chi connectivity index (χ1n) is 14.7. The standard InChI is InChI=1S/C33H27BrF3N7O2/c1-19-13-25-28(17-42(19)31(45)22-9-12-27(34)26(15-22)33(35,36)37)44-30(23(16-40-44)14-20-5-3-2-4-6-20)43(32(25)46)24-10-7-21(8-11-24)29-38-18-39-41-29/h2-12,15-16,18-19,25,28H,13-14,17H2,1H3,(H,38,39,41)/t19-,25?,28?/m1/s1. The predicted molar refractivity (Wildman–Crippen MR) is 167 cm³/mol. The van der Waals surface area contributed by atoms with E-state index in [-0.39, 0.29) is 22.5 Å². The Morgan fingerprint density at radius 2 is 1.83 bits per heavy atom. The van der Waals surface area contributed by atoms with Crippen LogP contribution in [0.5, 0.6) is 0 Å². The highest BCUT2D eigenvalue weighted by atomic mass is 79.9. The van der Waals surface area contributed by atoms with Crippen LogP contribution in [0.1, 0.15) is 46.4 Å². The van der Waals surface area contributed by atoms with E-state index in [9.17, 15) is 22.8 Å². The SMILES string of the molecule is C[C@@H]1CC2C(=O)N(c3ccc(-c4ncn[nH]4)cc3)c3c(Cc4ccccc4)cnn3C2CN1C(=O)c1ccc(Br)c(C(F)(F)F)c1. The lowest BCUT2D eigenvalue weighted by atomic mass is 9.84. The third-order valence-corrected chi connectivity index (χ3v) is 9.40. The third kappa shape index (κ3) is 5.27. The Hall–Kier alpha value is -4.78. The van der Waals surface area contributed by atoms with Crippen LogP contribution in [-0.2, 0) is 17.4 Å². The monoisotopic (exact) mass is 689 g/mol. The summed E-state index contributed by atoms with van der Waals surface area (Å²) < 4.78 is 42.6. The summed E-state index contributed by atoms with van der Waals surface area (Å²) in [6.45, 7) is 1.94. The lowest BCUT2D eigenvalue weighted by Crippen LogP contribution is -2.56. The molecule has 0 saturated carbocycles. The number of hydrogen-bond acceptors (Lipinski definition) is 5. The number of nitrogens with one attached hydrogen (secondary N) is 1. The minimum Gasteiger partial charge on any atom is -0.334 e. The van der Waals surface area contributed by atoms with E-state index in [0.29, 0.717) is 30.2 Å². The van der Waals surface area contributed by atoms with Crippen molar-refractivity contribution in [1.82, 2.24) is 29.9 Å². The number of hydrogen-bond donors (Lipinski definition) is 1. The number of rotatable bonds is 5. The quantitative estimate of drug-likeness (QED) is 0.219. The summed E-state index contributed by atoms with van der Waals surface area (Å²) >= 11 is 2.95. The fourth-order valence-electron chi connectivity index (χ4n) is 6.45. The molecule has 9 nitrogen and oxygen atoms in total. The number of aromatic nitrogens is 5. The van der Waals surface area contributed by atoms with E-state index in [0.717, 1.165) is 22.8 Å². The van der Waals surface area contributed by atoms with E-state index in [4.69, 9.17) is 5.10 Å². The minimum atomic E-state index is -4.63. The summed E-state index contributed by atoms with van der Waals surface area (Å²) in [5.74, 6) is 0.0419. The van der Waals surface area contributed by atoms with E-state index >= 15 is 0 Å². The molecule has 2 amide bonds. The van der Waals surface area contributed by atoms with E-state index in [2.05, 4.69) is 31.1 Å². The zero-order valence-electron chi connectivity index (χ0n) is 24.4. The molecule has 0 bridgehead atoms. The Balaban J connectivity index is 1.27. The topological polar surface area (TPSA) is 100 Å². The molecule has 2 unspecified atom stereocenters.